The van der Waals surface area contributed by atoms with Crippen LogP contribution < -0.4 is 5.46 Å². The molecule has 8 heteroatoms. The molecule has 28 heavy (non-hydrogen) atoms. The zero-order chi connectivity index (χ0) is 20.7. The van der Waals surface area contributed by atoms with Crippen molar-refractivity contribution in [3.63, 3.8) is 0 Å². The molecule has 2 fully saturated rings. The van der Waals surface area contributed by atoms with Crippen molar-refractivity contribution in [3.8, 4) is 0 Å². The topological polar surface area (TPSA) is 73.8 Å². The van der Waals surface area contributed by atoms with Crippen LogP contribution in [0.1, 0.15) is 73.1 Å². The Kier molecular flexibility index (Phi) is 5.49. The maximum atomic E-state index is 12.2. The van der Waals surface area contributed by atoms with Crippen LogP contribution in [0.2, 0.25) is 0 Å². The van der Waals surface area contributed by atoms with Crippen molar-refractivity contribution >= 4 is 18.7 Å². The van der Waals surface area contributed by atoms with Gasteiger partial charge in [-0.15, -0.1) is 0 Å². The maximum absolute atomic E-state index is 12.2. The molecule has 2 saturated heterocycles. The Morgan fingerprint density at radius 2 is 1.61 bits per heavy atom. The van der Waals surface area contributed by atoms with Gasteiger partial charge in [-0.25, -0.2) is 14.8 Å². The second kappa shape index (κ2) is 7.30. The molecule has 0 N–H and O–H groups in total. The van der Waals surface area contributed by atoms with Crippen LogP contribution in [0.25, 0.3) is 0 Å². The van der Waals surface area contributed by atoms with Crippen LogP contribution in [-0.2, 0) is 14.0 Å². The van der Waals surface area contributed by atoms with Crippen molar-refractivity contribution in [1.29, 1.82) is 0 Å². The van der Waals surface area contributed by atoms with Gasteiger partial charge < -0.3 is 18.9 Å². The second-order valence-corrected chi connectivity index (χ2v) is 9.70. The van der Waals surface area contributed by atoms with E-state index in [-0.39, 0.29) is 23.2 Å². The van der Waals surface area contributed by atoms with Crippen LogP contribution in [0.15, 0.2) is 12.4 Å². The highest BCUT2D eigenvalue weighted by molar-refractivity contribution is 6.61. The quantitative estimate of drug-likeness (QED) is 0.725. The zero-order valence-electron chi connectivity index (χ0n) is 18.1. The molecule has 0 aromatic carbocycles. The fourth-order valence-electron chi connectivity index (χ4n) is 3.31. The summed E-state index contributed by atoms with van der Waals surface area (Å²) in [4.78, 5) is 23.1. The molecule has 0 spiro atoms. The molecule has 0 unspecified atom stereocenters. The Labute approximate surface area is 168 Å². The summed E-state index contributed by atoms with van der Waals surface area (Å²) in [6.07, 6.45) is 5.00. The number of nitrogens with zero attached hydrogens (tertiary/aromatic N) is 3. The number of hydrogen-bond donors (Lipinski definition) is 0. The monoisotopic (exact) mass is 389 g/mol. The minimum absolute atomic E-state index is 0.242. The molecule has 2 aliphatic heterocycles. The Balaban J connectivity index is 1.58. The summed E-state index contributed by atoms with van der Waals surface area (Å²) in [6, 6.07) is 0. The van der Waals surface area contributed by atoms with E-state index in [0.717, 1.165) is 24.1 Å². The van der Waals surface area contributed by atoms with Gasteiger partial charge >= 0.3 is 13.2 Å². The number of amides is 1. The molecule has 3 heterocycles. The van der Waals surface area contributed by atoms with Gasteiger partial charge in [-0.3, -0.25) is 0 Å². The molecule has 154 valence electrons. The standard InChI is InChI=1S/C20H32BN3O4/c1-18(2,3)26-17(25)24-10-8-14(9-11-24)16-22-12-15(13-23-16)21-27-19(4,5)20(6,7)28-21/h12-14H,8-11H2,1-7H3. The first-order valence-corrected chi connectivity index (χ1v) is 10.0. The zero-order valence-corrected chi connectivity index (χ0v) is 18.1. The number of ether oxygens (including phenoxy) is 1. The summed E-state index contributed by atoms with van der Waals surface area (Å²) < 4.78 is 17.6. The summed E-state index contributed by atoms with van der Waals surface area (Å²) in [6.45, 7) is 15.1. The van der Waals surface area contributed by atoms with E-state index in [1.807, 2.05) is 48.5 Å². The molecule has 1 amide bonds. The third kappa shape index (κ3) is 4.49. The largest absolute Gasteiger partial charge is 0.498 e. The lowest BCUT2D eigenvalue weighted by Gasteiger charge is -2.32. The van der Waals surface area contributed by atoms with Crippen molar-refractivity contribution in [2.75, 3.05) is 13.1 Å². The average Bonchev–Trinajstić information content (AvgIpc) is 2.81. The first-order chi connectivity index (χ1) is 12.9. The third-order valence-electron chi connectivity index (χ3n) is 5.73. The lowest BCUT2D eigenvalue weighted by Crippen LogP contribution is -2.41. The van der Waals surface area contributed by atoms with Crippen LogP contribution in [0.3, 0.4) is 0 Å². The molecule has 3 rings (SSSR count). The van der Waals surface area contributed by atoms with E-state index < -0.39 is 12.7 Å². The van der Waals surface area contributed by atoms with Crippen molar-refractivity contribution < 1.29 is 18.8 Å². The molecule has 0 bridgehead atoms. The summed E-state index contributed by atoms with van der Waals surface area (Å²) >= 11 is 0. The van der Waals surface area contributed by atoms with Gasteiger partial charge in [0.15, 0.2) is 0 Å². The van der Waals surface area contributed by atoms with Crippen LogP contribution in [-0.4, -0.2) is 58.0 Å². The average molecular weight is 389 g/mol. The number of piperidine rings is 1. The van der Waals surface area contributed by atoms with E-state index in [9.17, 15) is 4.79 Å². The Morgan fingerprint density at radius 1 is 1.11 bits per heavy atom. The van der Waals surface area contributed by atoms with E-state index in [4.69, 9.17) is 14.0 Å². The van der Waals surface area contributed by atoms with Crippen LogP contribution in [0.5, 0.6) is 0 Å². The van der Waals surface area contributed by atoms with Gasteiger partial charge in [0, 0.05) is 36.9 Å². The predicted octanol–water partition coefficient (Wildman–Crippen LogP) is 2.89. The Hall–Kier alpha value is -1.67. The molecular weight excluding hydrogens is 357 g/mol. The number of likely N-dealkylation sites (tertiary alicyclic amines) is 1. The third-order valence-corrected chi connectivity index (χ3v) is 5.73. The maximum Gasteiger partial charge on any atom is 0.498 e. The highest BCUT2D eigenvalue weighted by atomic mass is 16.7. The van der Waals surface area contributed by atoms with Crippen molar-refractivity contribution in [3.05, 3.63) is 18.2 Å². The molecule has 1 aromatic heterocycles. The molecule has 0 saturated carbocycles. The van der Waals surface area contributed by atoms with E-state index in [2.05, 4.69) is 9.97 Å². The number of rotatable bonds is 2. The fourth-order valence-corrected chi connectivity index (χ4v) is 3.31. The molecular formula is C20H32BN3O4. The number of carbonyl (C=O) groups excluding carboxylic acids is 1. The molecule has 7 nitrogen and oxygen atoms in total. The van der Waals surface area contributed by atoms with Gasteiger partial charge in [-0.2, -0.15) is 0 Å². The Bertz CT molecular complexity index is 691. The highest BCUT2D eigenvalue weighted by Gasteiger charge is 2.52. The van der Waals surface area contributed by atoms with Crippen LogP contribution in [0, 0.1) is 0 Å². The van der Waals surface area contributed by atoms with Crippen LogP contribution >= 0.6 is 0 Å². The van der Waals surface area contributed by atoms with Gasteiger partial charge in [0.1, 0.15) is 11.4 Å². The van der Waals surface area contributed by atoms with Gasteiger partial charge in [-0.05, 0) is 61.3 Å². The number of carbonyl (C=O) groups is 1. The SMILES string of the molecule is CC(C)(C)OC(=O)N1CCC(c2ncc(B3OC(C)(C)C(C)(C)O3)cn2)CC1. The van der Waals surface area contributed by atoms with E-state index in [0.29, 0.717) is 13.1 Å². The van der Waals surface area contributed by atoms with Crippen molar-refractivity contribution in [2.45, 2.75) is 84.0 Å². The van der Waals surface area contributed by atoms with Gasteiger partial charge in [-0.1, -0.05) is 0 Å². The summed E-state index contributed by atoms with van der Waals surface area (Å²) in [5.41, 5.74) is -0.413. The van der Waals surface area contributed by atoms with E-state index in [1.165, 1.54) is 0 Å². The lowest BCUT2D eigenvalue weighted by atomic mass is 9.81. The summed E-state index contributed by atoms with van der Waals surface area (Å²) in [7, 11) is -0.451. The van der Waals surface area contributed by atoms with Gasteiger partial charge in [0.25, 0.3) is 0 Å². The van der Waals surface area contributed by atoms with Crippen molar-refractivity contribution in [1.82, 2.24) is 14.9 Å². The molecule has 0 aliphatic carbocycles. The van der Waals surface area contributed by atoms with E-state index >= 15 is 0 Å². The van der Waals surface area contributed by atoms with Gasteiger partial charge in [0.05, 0.1) is 11.2 Å². The minimum atomic E-state index is -0.472. The first-order valence-electron chi connectivity index (χ1n) is 10.0. The summed E-state index contributed by atoms with van der Waals surface area (Å²) in [5.74, 6) is 1.05. The number of aromatic nitrogens is 2. The normalized spacial score (nSPS) is 22.4. The van der Waals surface area contributed by atoms with Gasteiger partial charge in [0.2, 0.25) is 0 Å². The number of hydrogen-bond acceptors (Lipinski definition) is 6. The molecule has 0 atom stereocenters. The molecule has 1 aromatic rings. The second-order valence-electron chi connectivity index (χ2n) is 9.70. The lowest BCUT2D eigenvalue weighted by molar-refractivity contribution is 0.00578. The summed E-state index contributed by atoms with van der Waals surface area (Å²) in [5, 5.41) is 0. The highest BCUT2D eigenvalue weighted by Crippen LogP contribution is 2.36. The Morgan fingerprint density at radius 3 is 2.07 bits per heavy atom. The first kappa shape index (κ1) is 21.1. The van der Waals surface area contributed by atoms with Crippen LogP contribution in [0.4, 0.5) is 4.79 Å². The van der Waals surface area contributed by atoms with E-state index in [1.54, 1.807) is 17.3 Å². The molecule has 2 aliphatic rings. The smallest absolute Gasteiger partial charge is 0.444 e. The minimum Gasteiger partial charge on any atom is -0.444 e. The molecule has 0 radical (unpaired) electrons. The fraction of sp³-hybridized carbons (Fsp3) is 0.750. The predicted molar refractivity (Wildman–Crippen MR) is 108 cm³/mol. The van der Waals surface area contributed by atoms with Crippen molar-refractivity contribution in [2.24, 2.45) is 0 Å².